The van der Waals surface area contributed by atoms with Gasteiger partial charge in [0, 0.05) is 12.4 Å². The van der Waals surface area contributed by atoms with Crippen molar-refractivity contribution < 1.29 is 9.90 Å². The van der Waals surface area contributed by atoms with Gasteiger partial charge in [-0.3, -0.25) is 4.90 Å². The van der Waals surface area contributed by atoms with Crippen LogP contribution in [0, 0.1) is 0 Å². The molecule has 2 amide bonds. The van der Waals surface area contributed by atoms with Gasteiger partial charge in [-0.05, 0) is 30.5 Å². The second-order valence-electron chi connectivity index (χ2n) is 4.19. The van der Waals surface area contributed by atoms with E-state index in [1.54, 1.807) is 19.2 Å². The maximum atomic E-state index is 11.0. The number of nitrogens with zero attached hydrogens (tertiary/aromatic N) is 2. The van der Waals surface area contributed by atoms with E-state index in [9.17, 15) is 9.90 Å². The van der Waals surface area contributed by atoms with Gasteiger partial charge in [0.25, 0.3) is 0 Å². The van der Waals surface area contributed by atoms with E-state index >= 15 is 0 Å². The van der Waals surface area contributed by atoms with Crippen LogP contribution in [0.1, 0.15) is 11.3 Å². The number of anilines is 1. The third-order valence-corrected chi connectivity index (χ3v) is 3.73. The zero-order valence-electron chi connectivity index (χ0n) is 10.5. The van der Waals surface area contributed by atoms with Crippen LogP contribution in [0.3, 0.4) is 0 Å². The van der Waals surface area contributed by atoms with Gasteiger partial charge in [-0.25, -0.2) is 9.78 Å². The second-order valence-corrected chi connectivity index (χ2v) is 5.02. The molecule has 19 heavy (non-hydrogen) atoms. The largest absolute Gasteiger partial charge is 0.508 e. The summed E-state index contributed by atoms with van der Waals surface area (Å²) in [5, 5.41) is 11.7. The number of aromatic nitrogens is 1. The average Bonchev–Trinajstić information content (AvgIpc) is 2.86. The first-order valence-electron chi connectivity index (χ1n) is 5.82. The predicted molar refractivity (Wildman–Crippen MR) is 75.6 cm³/mol. The maximum absolute atomic E-state index is 11.0. The molecule has 0 unspecified atom stereocenters. The van der Waals surface area contributed by atoms with Gasteiger partial charge < -0.3 is 10.8 Å². The molecule has 0 radical (unpaired) electrons. The Kier molecular flexibility index (Phi) is 4.01. The number of urea groups is 1. The third-order valence-electron chi connectivity index (χ3n) is 2.76. The molecule has 0 fully saturated rings. The number of primary amides is 1. The SMILES string of the molecule is CN(C(N)=O)c1nc(CCc2ccc(O)cc2)cs1. The lowest BCUT2D eigenvalue weighted by Gasteiger charge is -2.08. The standard InChI is InChI=1S/C13H15N3O2S/c1-16(12(14)18)13-15-10(8-19-13)5-2-9-3-6-11(17)7-4-9/h3-4,6-8,17H,2,5H2,1H3,(H2,14,18). The van der Waals surface area contributed by atoms with Crippen molar-refractivity contribution in [1.82, 2.24) is 4.98 Å². The highest BCUT2D eigenvalue weighted by Gasteiger charge is 2.11. The van der Waals surface area contributed by atoms with E-state index in [1.165, 1.54) is 16.2 Å². The fraction of sp³-hybridized carbons (Fsp3) is 0.231. The first kappa shape index (κ1) is 13.4. The van der Waals surface area contributed by atoms with Crippen LogP contribution < -0.4 is 10.6 Å². The predicted octanol–water partition coefficient (Wildman–Crippen LogP) is 2.15. The minimum absolute atomic E-state index is 0.266. The molecule has 0 atom stereocenters. The first-order valence-corrected chi connectivity index (χ1v) is 6.69. The van der Waals surface area contributed by atoms with Crippen LogP contribution in [-0.2, 0) is 12.8 Å². The highest BCUT2D eigenvalue weighted by Crippen LogP contribution is 2.20. The molecule has 0 saturated carbocycles. The summed E-state index contributed by atoms with van der Waals surface area (Å²) in [6.07, 6.45) is 1.62. The summed E-state index contributed by atoms with van der Waals surface area (Å²) in [6, 6.07) is 6.60. The molecule has 5 nitrogen and oxygen atoms in total. The van der Waals surface area contributed by atoms with Gasteiger partial charge >= 0.3 is 6.03 Å². The van der Waals surface area contributed by atoms with Gasteiger partial charge in [-0.1, -0.05) is 12.1 Å². The van der Waals surface area contributed by atoms with E-state index in [1.807, 2.05) is 17.5 Å². The molecule has 0 aliphatic heterocycles. The molecule has 1 aromatic heterocycles. The lowest BCUT2D eigenvalue weighted by atomic mass is 10.1. The number of thiazole rings is 1. The Bertz CT molecular complexity index is 566. The maximum Gasteiger partial charge on any atom is 0.320 e. The van der Waals surface area contributed by atoms with Crippen molar-refractivity contribution >= 4 is 22.5 Å². The molecule has 2 aromatic rings. The van der Waals surface area contributed by atoms with Crippen molar-refractivity contribution in [3.8, 4) is 5.75 Å². The van der Waals surface area contributed by atoms with Crippen molar-refractivity contribution in [3.63, 3.8) is 0 Å². The van der Waals surface area contributed by atoms with Gasteiger partial charge in [-0.2, -0.15) is 0 Å². The zero-order valence-corrected chi connectivity index (χ0v) is 11.4. The molecular formula is C13H15N3O2S. The number of phenolic OH excluding ortho intramolecular Hbond substituents is 1. The molecule has 1 aromatic carbocycles. The van der Waals surface area contributed by atoms with Gasteiger partial charge in [0.1, 0.15) is 5.75 Å². The number of carbonyl (C=O) groups is 1. The molecule has 0 aliphatic carbocycles. The Hall–Kier alpha value is -2.08. The number of phenols is 1. The molecule has 0 saturated heterocycles. The number of hydrogen-bond acceptors (Lipinski definition) is 4. The van der Waals surface area contributed by atoms with E-state index in [4.69, 9.17) is 5.73 Å². The van der Waals surface area contributed by atoms with Gasteiger partial charge in [0.15, 0.2) is 5.13 Å². The summed E-state index contributed by atoms with van der Waals surface area (Å²) in [7, 11) is 1.60. The van der Waals surface area contributed by atoms with Crippen molar-refractivity contribution in [1.29, 1.82) is 0 Å². The Morgan fingerprint density at radius 3 is 2.68 bits per heavy atom. The van der Waals surface area contributed by atoms with Gasteiger partial charge in [0.05, 0.1) is 5.69 Å². The Morgan fingerprint density at radius 1 is 1.37 bits per heavy atom. The summed E-state index contributed by atoms with van der Waals surface area (Å²) in [4.78, 5) is 16.7. The smallest absolute Gasteiger partial charge is 0.320 e. The van der Waals surface area contributed by atoms with Crippen LogP contribution in [0.4, 0.5) is 9.93 Å². The zero-order chi connectivity index (χ0) is 13.8. The normalized spacial score (nSPS) is 10.4. The van der Waals surface area contributed by atoms with Gasteiger partial charge in [-0.15, -0.1) is 11.3 Å². The number of nitrogens with two attached hydrogens (primary N) is 1. The molecule has 3 N–H and O–H groups in total. The molecule has 0 spiro atoms. The minimum Gasteiger partial charge on any atom is -0.508 e. The van der Waals surface area contributed by atoms with Crippen LogP contribution in [-0.4, -0.2) is 23.2 Å². The molecule has 0 bridgehead atoms. The number of aryl methyl sites for hydroxylation is 2. The number of hydrogen-bond donors (Lipinski definition) is 2. The Labute approximate surface area is 115 Å². The van der Waals surface area contributed by atoms with Gasteiger partial charge in [0.2, 0.25) is 0 Å². The van der Waals surface area contributed by atoms with E-state index in [2.05, 4.69) is 4.98 Å². The van der Waals surface area contributed by atoms with Crippen molar-refractivity contribution in [2.24, 2.45) is 5.73 Å². The molecule has 100 valence electrons. The van der Waals surface area contributed by atoms with Crippen LogP contribution in [0.25, 0.3) is 0 Å². The van der Waals surface area contributed by atoms with E-state index < -0.39 is 6.03 Å². The number of benzene rings is 1. The summed E-state index contributed by atoms with van der Waals surface area (Å²) < 4.78 is 0. The van der Waals surface area contributed by atoms with Crippen LogP contribution in [0.5, 0.6) is 5.75 Å². The Morgan fingerprint density at radius 2 is 2.05 bits per heavy atom. The summed E-state index contributed by atoms with van der Waals surface area (Å²) in [6.45, 7) is 0. The second kappa shape index (κ2) is 5.71. The lowest BCUT2D eigenvalue weighted by Crippen LogP contribution is -2.31. The summed E-state index contributed by atoms with van der Waals surface area (Å²) in [5.41, 5.74) is 7.25. The fourth-order valence-corrected chi connectivity index (χ4v) is 2.42. The quantitative estimate of drug-likeness (QED) is 0.898. The fourth-order valence-electron chi connectivity index (χ4n) is 1.59. The van der Waals surface area contributed by atoms with Crippen LogP contribution in [0.2, 0.25) is 0 Å². The molecule has 0 aliphatic rings. The summed E-state index contributed by atoms with van der Waals surface area (Å²) in [5.74, 6) is 0.266. The molecule has 1 heterocycles. The van der Waals surface area contributed by atoms with Crippen LogP contribution in [0.15, 0.2) is 29.6 Å². The minimum atomic E-state index is -0.514. The monoisotopic (exact) mass is 277 g/mol. The van der Waals surface area contributed by atoms with E-state index in [0.29, 0.717) is 5.13 Å². The van der Waals surface area contributed by atoms with E-state index in [0.717, 1.165) is 24.1 Å². The van der Waals surface area contributed by atoms with Crippen molar-refractivity contribution in [2.45, 2.75) is 12.8 Å². The lowest BCUT2D eigenvalue weighted by molar-refractivity contribution is 0.255. The number of aromatic hydroxyl groups is 1. The summed E-state index contributed by atoms with van der Waals surface area (Å²) >= 11 is 1.40. The van der Waals surface area contributed by atoms with E-state index in [-0.39, 0.29) is 5.75 Å². The van der Waals surface area contributed by atoms with Crippen molar-refractivity contribution in [2.75, 3.05) is 11.9 Å². The number of carbonyl (C=O) groups excluding carboxylic acids is 1. The van der Waals surface area contributed by atoms with Crippen LogP contribution >= 0.6 is 11.3 Å². The highest BCUT2D eigenvalue weighted by atomic mass is 32.1. The Balaban J connectivity index is 1.97. The first-order chi connectivity index (χ1) is 9.06. The average molecular weight is 277 g/mol. The number of rotatable bonds is 4. The molecule has 6 heteroatoms. The molecule has 2 rings (SSSR count). The molecular weight excluding hydrogens is 262 g/mol. The van der Waals surface area contributed by atoms with Crippen molar-refractivity contribution in [3.05, 3.63) is 40.9 Å². The number of amides is 2. The topological polar surface area (TPSA) is 79.5 Å². The third kappa shape index (κ3) is 3.45. The highest BCUT2D eigenvalue weighted by molar-refractivity contribution is 7.14.